The second-order valence-corrected chi connectivity index (χ2v) is 5.88. The molecular weight excluding hydrogens is 290 g/mol. The molecule has 7 heteroatoms. The van der Waals surface area contributed by atoms with E-state index in [1.54, 1.807) is 34.6 Å². The quantitative estimate of drug-likeness (QED) is 0.942. The summed E-state index contributed by atoms with van der Waals surface area (Å²) in [6.45, 7) is 1.28. The average Bonchev–Trinajstić information content (AvgIpc) is 3.18. The first-order valence-electron chi connectivity index (χ1n) is 6.74. The summed E-state index contributed by atoms with van der Waals surface area (Å²) in [5.41, 5.74) is 1.96. The SMILES string of the molecule is O=C(O)c1cccn1C1CCN(C(=O)c2cncs2)CC1. The zero-order valence-electron chi connectivity index (χ0n) is 11.3. The van der Waals surface area contributed by atoms with E-state index in [0.717, 1.165) is 12.8 Å². The highest BCUT2D eigenvalue weighted by Gasteiger charge is 2.26. The van der Waals surface area contributed by atoms with Crippen molar-refractivity contribution < 1.29 is 14.7 Å². The number of hydrogen-bond acceptors (Lipinski definition) is 4. The summed E-state index contributed by atoms with van der Waals surface area (Å²) in [5, 5.41) is 9.16. The lowest BCUT2D eigenvalue weighted by Crippen LogP contribution is -2.39. The molecule has 0 saturated carbocycles. The van der Waals surface area contributed by atoms with Crippen LogP contribution in [0.1, 0.15) is 39.0 Å². The van der Waals surface area contributed by atoms with Crippen LogP contribution in [0.3, 0.4) is 0 Å². The van der Waals surface area contributed by atoms with E-state index in [0.29, 0.717) is 23.7 Å². The van der Waals surface area contributed by atoms with Crippen LogP contribution in [0.4, 0.5) is 0 Å². The van der Waals surface area contributed by atoms with E-state index in [2.05, 4.69) is 4.98 Å². The van der Waals surface area contributed by atoms with Crippen molar-refractivity contribution in [2.45, 2.75) is 18.9 Å². The summed E-state index contributed by atoms with van der Waals surface area (Å²) in [4.78, 5) is 29.8. The van der Waals surface area contributed by atoms with E-state index in [1.165, 1.54) is 11.3 Å². The molecule has 2 aromatic heterocycles. The van der Waals surface area contributed by atoms with Gasteiger partial charge in [0.05, 0.1) is 11.7 Å². The van der Waals surface area contributed by atoms with Gasteiger partial charge in [0.1, 0.15) is 10.6 Å². The van der Waals surface area contributed by atoms with E-state index in [-0.39, 0.29) is 11.9 Å². The fourth-order valence-corrected chi connectivity index (χ4v) is 3.30. The summed E-state index contributed by atoms with van der Waals surface area (Å²) in [6.07, 6.45) is 4.92. The van der Waals surface area contributed by atoms with Crippen LogP contribution in [0, 0.1) is 0 Å². The third kappa shape index (κ3) is 2.69. The van der Waals surface area contributed by atoms with Gasteiger partial charge >= 0.3 is 5.97 Å². The summed E-state index contributed by atoms with van der Waals surface area (Å²) < 4.78 is 1.80. The van der Waals surface area contributed by atoms with Crippen molar-refractivity contribution in [3.05, 3.63) is 40.6 Å². The second-order valence-electron chi connectivity index (χ2n) is 4.99. The number of aromatic nitrogens is 2. The average molecular weight is 305 g/mol. The lowest BCUT2D eigenvalue weighted by Gasteiger charge is -2.33. The predicted molar refractivity (Wildman–Crippen MR) is 77.7 cm³/mol. The standard InChI is InChI=1S/C14H15N3O3S/c18-13(12-8-15-9-21-12)16-6-3-10(4-7-16)17-5-1-2-11(17)14(19)20/h1-2,5,8-10H,3-4,6-7H2,(H,19,20). The van der Waals surface area contributed by atoms with Crippen molar-refractivity contribution in [3.8, 4) is 0 Å². The molecular formula is C14H15N3O3S. The first-order chi connectivity index (χ1) is 10.2. The fraction of sp³-hybridized carbons (Fsp3) is 0.357. The lowest BCUT2D eigenvalue weighted by molar-refractivity contribution is 0.0652. The Bertz CT molecular complexity index is 642. The van der Waals surface area contributed by atoms with Crippen molar-refractivity contribution in [1.29, 1.82) is 0 Å². The number of piperidine rings is 1. The van der Waals surface area contributed by atoms with E-state index in [9.17, 15) is 9.59 Å². The third-order valence-corrected chi connectivity index (χ3v) is 4.55. The maximum Gasteiger partial charge on any atom is 0.352 e. The molecule has 0 atom stereocenters. The summed E-state index contributed by atoms with van der Waals surface area (Å²) in [7, 11) is 0. The number of hydrogen-bond donors (Lipinski definition) is 1. The zero-order valence-corrected chi connectivity index (χ0v) is 12.1. The molecule has 3 heterocycles. The third-order valence-electron chi connectivity index (χ3n) is 3.79. The van der Waals surface area contributed by atoms with Crippen LogP contribution in [0.2, 0.25) is 0 Å². The van der Waals surface area contributed by atoms with Crippen LogP contribution >= 0.6 is 11.3 Å². The number of carbonyl (C=O) groups excluding carboxylic acids is 1. The van der Waals surface area contributed by atoms with E-state index in [1.807, 2.05) is 4.90 Å². The number of likely N-dealkylation sites (tertiary alicyclic amines) is 1. The van der Waals surface area contributed by atoms with Gasteiger partial charge in [-0.3, -0.25) is 9.78 Å². The van der Waals surface area contributed by atoms with Crippen molar-refractivity contribution in [2.75, 3.05) is 13.1 Å². The zero-order chi connectivity index (χ0) is 14.8. The van der Waals surface area contributed by atoms with Crippen molar-refractivity contribution in [2.24, 2.45) is 0 Å². The molecule has 110 valence electrons. The first kappa shape index (κ1) is 13.8. The predicted octanol–water partition coefficient (Wildman–Crippen LogP) is 2.12. The van der Waals surface area contributed by atoms with Crippen LogP contribution in [0.5, 0.6) is 0 Å². The first-order valence-corrected chi connectivity index (χ1v) is 7.62. The number of rotatable bonds is 3. The van der Waals surface area contributed by atoms with Gasteiger partial charge < -0.3 is 14.6 Å². The van der Waals surface area contributed by atoms with E-state index < -0.39 is 5.97 Å². The summed E-state index contributed by atoms with van der Waals surface area (Å²) in [6, 6.07) is 3.49. The van der Waals surface area contributed by atoms with Gasteiger partial charge in [0.25, 0.3) is 5.91 Å². The van der Waals surface area contributed by atoms with Crippen LogP contribution in [-0.2, 0) is 0 Å². The highest BCUT2D eigenvalue weighted by Crippen LogP contribution is 2.26. The molecule has 6 nitrogen and oxygen atoms in total. The maximum atomic E-state index is 12.2. The highest BCUT2D eigenvalue weighted by molar-refractivity contribution is 7.11. The minimum absolute atomic E-state index is 0.0157. The summed E-state index contributed by atoms with van der Waals surface area (Å²) in [5.74, 6) is -0.898. The van der Waals surface area contributed by atoms with Crippen molar-refractivity contribution in [3.63, 3.8) is 0 Å². The minimum Gasteiger partial charge on any atom is -0.477 e. The monoisotopic (exact) mass is 305 g/mol. The molecule has 1 aliphatic rings. The molecule has 0 aliphatic carbocycles. The Morgan fingerprint density at radius 3 is 2.71 bits per heavy atom. The van der Waals surface area contributed by atoms with Crippen molar-refractivity contribution >= 4 is 23.2 Å². The molecule has 3 rings (SSSR count). The number of carboxylic acid groups (broad SMARTS) is 1. The molecule has 21 heavy (non-hydrogen) atoms. The van der Waals surface area contributed by atoms with Gasteiger partial charge in [-0.1, -0.05) is 0 Å². The normalized spacial score (nSPS) is 16.1. The molecule has 0 bridgehead atoms. The van der Waals surface area contributed by atoms with Crippen molar-refractivity contribution in [1.82, 2.24) is 14.5 Å². The molecule has 1 fully saturated rings. The Balaban J connectivity index is 1.66. The topological polar surface area (TPSA) is 75.4 Å². The molecule has 1 N–H and O–H groups in total. The Kier molecular flexibility index (Phi) is 3.74. The van der Waals surface area contributed by atoms with Gasteiger partial charge in [-0.15, -0.1) is 11.3 Å². The Morgan fingerprint density at radius 1 is 1.33 bits per heavy atom. The number of carbonyl (C=O) groups is 2. The van der Waals surface area contributed by atoms with Gasteiger partial charge in [-0.2, -0.15) is 0 Å². The van der Waals surface area contributed by atoms with Gasteiger partial charge in [0, 0.05) is 25.3 Å². The Hall–Kier alpha value is -2.15. The molecule has 1 saturated heterocycles. The van der Waals surface area contributed by atoms with Gasteiger partial charge in [-0.05, 0) is 25.0 Å². The second kappa shape index (κ2) is 5.69. The fourth-order valence-electron chi connectivity index (χ4n) is 2.72. The molecule has 0 spiro atoms. The lowest BCUT2D eigenvalue weighted by atomic mass is 10.0. The highest BCUT2D eigenvalue weighted by atomic mass is 32.1. The summed E-state index contributed by atoms with van der Waals surface area (Å²) >= 11 is 1.34. The molecule has 2 aromatic rings. The number of aromatic carboxylic acids is 1. The minimum atomic E-state index is -0.914. The Labute approximate surface area is 125 Å². The van der Waals surface area contributed by atoms with Crippen LogP contribution in [0.25, 0.3) is 0 Å². The number of carboxylic acids is 1. The smallest absolute Gasteiger partial charge is 0.352 e. The van der Waals surface area contributed by atoms with Crippen LogP contribution < -0.4 is 0 Å². The maximum absolute atomic E-state index is 12.2. The molecule has 0 aromatic carbocycles. The van der Waals surface area contributed by atoms with Crippen LogP contribution in [-0.4, -0.2) is 44.5 Å². The van der Waals surface area contributed by atoms with Crippen LogP contribution in [0.15, 0.2) is 30.0 Å². The van der Waals surface area contributed by atoms with E-state index >= 15 is 0 Å². The van der Waals surface area contributed by atoms with Gasteiger partial charge in [0.15, 0.2) is 0 Å². The number of nitrogens with zero attached hydrogens (tertiary/aromatic N) is 3. The largest absolute Gasteiger partial charge is 0.477 e. The molecule has 1 aliphatic heterocycles. The molecule has 0 unspecified atom stereocenters. The van der Waals surface area contributed by atoms with Gasteiger partial charge in [0.2, 0.25) is 0 Å². The number of thiazole rings is 1. The Morgan fingerprint density at radius 2 is 2.10 bits per heavy atom. The van der Waals surface area contributed by atoms with E-state index in [4.69, 9.17) is 5.11 Å². The number of amides is 1. The molecule has 1 amide bonds. The van der Waals surface area contributed by atoms with Gasteiger partial charge in [-0.25, -0.2) is 4.79 Å². The molecule has 0 radical (unpaired) electrons.